The predicted octanol–water partition coefficient (Wildman–Crippen LogP) is 5.39. The van der Waals surface area contributed by atoms with E-state index in [2.05, 4.69) is 10.6 Å². The number of hydrogen-bond acceptors (Lipinski definition) is 5. The van der Waals surface area contributed by atoms with Crippen LogP contribution in [0, 0.1) is 6.92 Å². The van der Waals surface area contributed by atoms with Crippen LogP contribution in [0.2, 0.25) is 0 Å². The Morgan fingerprint density at radius 2 is 1.12 bits per heavy atom. The van der Waals surface area contributed by atoms with Gasteiger partial charge in [0.05, 0.1) is 22.3 Å². The highest BCUT2D eigenvalue weighted by molar-refractivity contribution is 6.11. The minimum Gasteiger partial charge on any atom is -0.478 e. The molecular formula is C31H26N2O7. The van der Waals surface area contributed by atoms with Crippen LogP contribution in [-0.4, -0.2) is 41.0 Å². The van der Waals surface area contributed by atoms with E-state index >= 15 is 0 Å². The zero-order valence-electron chi connectivity index (χ0n) is 21.7. The Morgan fingerprint density at radius 3 is 1.60 bits per heavy atom. The number of carboxylic acid groups (broad SMARTS) is 2. The third kappa shape index (κ3) is 6.51. The highest BCUT2D eigenvalue weighted by atomic mass is 16.5. The summed E-state index contributed by atoms with van der Waals surface area (Å²) in [5, 5.41) is 24.2. The first kappa shape index (κ1) is 27.6. The summed E-state index contributed by atoms with van der Waals surface area (Å²) in [5.74, 6) is -2.41. The standard InChI is InChI=1S/C31H26N2O7/c1-18-3-9-22(10-4-18)40-23-11-7-21(8-12-23)33-29(35)27-17-20(6-14-25(27)31(38)39)15-19-5-13-24(30(36)37)26(16-19)28(34)32-2/h3-14,16-17H,15H2,1-2H3,(H,32,34)(H,33,35)(H,36,37)(H,38,39). The Labute approximate surface area is 230 Å². The molecule has 0 atom stereocenters. The number of hydrogen-bond donors (Lipinski definition) is 4. The summed E-state index contributed by atoms with van der Waals surface area (Å²) in [6.07, 6.45) is 0.231. The summed E-state index contributed by atoms with van der Waals surface area (Å²) in [5.41, 5.74) is 2.42. The maximum absolute atomic E-state index is 13.1. The van der Waals surface area contributed by atoms with Crippen LogP contribution >= 0.6 is 0 Å². The summed E-state index contributed by atoms with van der Waals surface area (Å²) in [6.45, 7) is 1.98. The van der Waals surface area contributed by atoms with Gasteiger partial charge in [0.2, 0.25) is 0 Å². The summed E-state index contributed by atoms with van der Waals surface area (Å²) < 4.78 is 5.80. The summed E-state index contributed by atoms with van der Waals surface area (Å²) >= 11 is 0. The van der Waals surface area contributed by atoms with Crippen LogP contribution < -0.4 is 15.4 Å². The second kappa shape index (κ2) is 12.0. The van der Waals surface area contributed by atoms with Crippen LogP contribution in [0.1, 0.15) is 58.1 Å². The topological polar surface area (TPSA) is 142 Å². The second-order valence-electron chi connectivity index (χ2n) is 9.02. The Kier molecular flexibility index (Phi) is 8.24. The molecule has 0 unspecified atom stereocenters. The average molecular weight is 539 g/mol. The highest BCUT2D eigenvalue weighted by Gasteiger charge is 2.19. The van der Waals surface area contributed by atoms with E-state index in [0.29, 0.717) is 28.3 Å². The van der Waals surface area contributed by atoms with Crippen molar-refractivity contribution in [3.8, 4) is 11.5 Å². The maximum Gasteiger partial charge on any atom is 0.336 e. The molecule has 0 radical (unpaired) electrons. The number of nitrogens with one attached hydrogen (secondary N) is 2. The predicted molar refractivity (Wildman–Crippen MR) is 149 cm³/mol. The molecule has 0 fully saturated rings. The van der Waals surface area contributed by atoms with Gasteiger partial charge >= 0.3 is 11.9 Å². The molecule has 9 nitrogen and oxygen atoms in total. The van der Waals surface area contributed by atoms with Crippen molar-refractivity contribution < 1.29 is 34.1 Å². The van der Waals surface area contributed by atoms with E-state index in [-0.39, 0.29) is 28.7 Å². The van der Waals surface area contributed by atoms with Crippen molar-refractivity contribution in [2.24, 2.45) is 0 Å². The first-order chi connectivity index (χ1) is 19.1. The Morgan fingerprint density at radius 1 is 0.650 bits per heavy atom. The van der Waals surface area contributed by atoms with Crippen molar-refractivity contribution in [3.05, 3.63) is 124 Å². The zero-order chi connectivity index (χ0) is 28.8. The minimum atomic E-state index is -1.26. The van der Waals surface area contributed by atoms with Gasteiger partial charge in [-0.1, -0.05) is 29.8 Å². The van der Waals surface area contributed by atoms with Gasteiger partial charge in [0.15, 0.2) is 0 Å². The molecule has 0 aliphatic heterocycles. The molecule has 0 aliphatic carbocycles. The van der Waals surface area contributed by atoms with Crippen molar-refractivity contribution in [2.75, 3.05) is 12.4 Å². The fraction of sp³-hybridized carbons (Fsp3) is 0.0968. The van der Waals surface area contributed by atoms with Crippen LogP contribution in [0.3, 0.4) is 0 Å². The van der Waals surface area contributed by atoms with E-state index in [0.717, 1.165) is 5.56 Å². The molecule has 4 aromatic rings. The maximum atomic E-state index is 13.1. The molecule has 4 aromatic carbocycles. The van der Waals surface area contributed by atoms with E-state index in [9.17, 15) is 29.4 Å². The number of carbonyl (C=O) groups excluding carboxylic acids is 2. The first-order valence-corrected chi connectivity index (χ1v) is 12.2. The van der Waals surface area contributed by atoms with Gasteiger partial charge in [-0.15, -0.1) is 0 Å². The Hall–Kier alpha value is -5.44. The number of carbonyl (C=O) groups is 4. The van der Waals surface area contributed by atoms with Gasteiger partial charge in [-0.25, -0.2) is 9.59 Å². The lowest BCUT2D eigenvalue weighted by atomic mass is 9.96. The second-order valence-corrected chi connectivity index (χ2v) is 9.02. The van der Waals surface area contributed by atoms with E-state index in [1.165, 1.54) is 31.3 Å². The lowest BCUT2D eigenvalue weighted by molar-refractivity contribution is 0.0683. The van der Waals surface area contributed by atoms with Crippen LogP contribution in [0.5, 0.6) is 11.5 Å². The van der Waals surface area contributed by atoms with E-state index in [1.54, 1.807) is 36.4 Å². The summed E-state index contributed by atoms with van der Waals surface area (Å²) in [6, 6.07) is 23.0. The molecule has 202 valence electrons. The highest BCUT2D eigenvalue weighted by Crippen LogP contribution is 2.24. The van der Waals surface area contributed by atoms with Gasteiger partial charge < -0.3 is 25.6 Å². The van der Waals surface area contributed by atoms with Crippen molar-refractivity contribution in [3.63, 3.8) is 0 Å². The number of benzene rings is 4. The van der Waals surface area contributed by atoms with Crippen molar-refractivity contribution in [2.45, 2.75) is 13.3 Å². The van der Waals surface area contributed by atoms with Crippen molar-refractivity contribution in [1.29, 1.82) is 0 Å². The molecule has 4 N–H and O–H groups in total. The quantitative estimate of drug-likeness (QED) is 0.224. The van der Waals surface area contributed by atoms with Gasteiger partial charge in [0.1, 0.15) is 11.5 Å². The molecule has 0 saturated heterocycles. The monoisotopic (exact) mass is 538 g/mol. The first-order valence-electron chi connectivity index (χ1n) is 12.2. The smallest absolute Gasteiger partial charge is 0.336 e. The van der Waals surface area contributed by atoms with E-state index in [4.69, 9.17) is 4.74 Å². The van der Waals surface area contributed by atoms with E-state index < -0.39 is 23.8 Å². The van der Waals surface area contributed by atoms with Gasteiger partial charge in [0.25, 0.3) is 11.8 Å². The van der Waals surface area contributed by atoms with E-state index in [1.807, 2.05) is 31.2 Å². The summed E-state index contributed by atoms with van der Waals surface area (Å²) in [4.78, 5) is 48.7. The van der Waals surface area contributed by atoms with Gasteiger partial charge in [0, 0.05) is 12.7 Å². The molecule has 0 spiro atoms. The third-order valence-electron chi connectivity index (χ3n) is 6.12. The molecule has 9 heteroatoms. The zero-order valence-corrected chi connectivity index (χ0v) is 21.7. The molecule has 0 heterocycles. The lowest BCUT2D eigenvalue weighted by Crippen LogP contribution is -2.21. The molecule has 0 aromatic heterocycles. The van der Waals surface area contributed by atoms with Gasteiger partial charge in [-0.3, -0.25) is 9.59 Å². The Bertz CT molecular complexity index is 1590. The fourth-order valence-electron chi connectivity index (χ4n) is 4.07. The fourth-order valence-corrected chi connectivity index (χ4v) is 4.07. The lowest BCUT2D eigenvalue weighted by Gasteiger charge is -2.12. The van der Waals surface area contributed by atoms with Crippen LogP contribution in [0.25, 0.3) is 0 Å². The van der Waals surface area contributed by atoms with Crippen LogP contribution in [-0.2, 0) is 6.42 Å². The largest absolute Gasteiger partial charge is 0.478 e. The number of rotatable bonds is 9. The molecule has 2 amide bonds. The molecule has 0 bridgehead atoms. The number of aromatic carboxylic acids is 2. The number of aryl methyl sites for hydroxylation is 1. The molecule has 0 saturated carbocycles. The van der Waals surface area contributed by atoms with Gasteiger partial charge in [-0.05, 0) is 85.1 Å². The number of anilines is 1. The van der Waals surface area contributed by atoms with Crippen LogP contribution in [0.15, 0.2) is 84.9 Å². The molecular weight excluding hydrogens is 512 g/mol. The number of carboxylic acids is 2. The minimum absolute atomic E-state index is 0.00225. The SMILES string of the molecule is CNC(=O)c1cc(Cc2ccc(C(=O)O)c(C(=O)Nc3ccc(Oc4ccc(C)cc4)cc3)c2)ccc1C(=O)O. The van der Waals surface area contributed by atoms with Crippen molar-refractivity contribution >= 4 is 29.4 Å². The Balaban J connectivity index is 1.54. The molecule has 0 aliphatic rings. The van der Waals surface area contributed by atoms with Crippen molar-refractivity contribution in [1.82, 2.24) is 5.32 Å². The molecule has 4 rings (SSSR count). The van der Waals surface area contributed by atoms with Crippen LogP contribution in [0.4, 0.5) is 5.69 Å². The normalized spacial score (nSPS) is 10.4. The number of ether oxygens (including phenoxy) is 1. The molecule has 40 heavy (non-hydrogen) atoms. The summed E-state index contributed by atoms with van der Waals surface area (Å²) in [7, 11) is 1.40. The third-order valence-corrected chi connectivity index (χ3v) is 6.12. The van der Waals surface area contributed by atoms with Gasteiger partial charge in [-0.2, -0.15) is 0 Å². The number of amides is 2. The average Bonchev–Trinajstić information content (AvgIpc) is 2.94.